The van der Waals surface area contributed by atoms with Crippen LogP contribution in [0.1, 0.15) is 16.8 Å². The quantitative estimate of drug-likeness (QED) is 0.577. The number of anilines is 2. The molecule has 5 rings (SSSR count). The molecule has 2 aromatic rings. The van der Waals surface area contributed by atoms with Crippen LogP contribution < -0.4 is 10.2 Å². The molecule has 4 atom stereocenters. The summed E-state index contributed by atoms with van der Waals surface area (Å²) in [5.41, 5.74) is 1.33. The second kappa shape index (κ2) is 6.71. The molecular formula is C22H16Cl2N2O3. The van der Waals surface area contributed by atoms with Gasteiger partial charge in [-0.05, 0) is 60.7 Å². The van der Waals surface area contributed by atoms with Crippen LogP contribution in [0.5, 0.6) is 0 Å². The summed E-state index contributed by atoms with van der Waals surface area (Å²) in [4.78, 5) is 39.5. The molecule has 0 radical (unpaired) electrons. The lowest BCUT2D eigenvalue weighted by Crippen LogP contribution is -2.32. The predicted octanol–water partition coefficient (Wildman–Crippen LogP) is 4.56. The van der Waals surface area contributed by atoms with E-state index in [9.17, 15) is 14.4 Å². The van der Waals surface area contributed by atoms with Gasteiger partial charge in [0.05, 0.1) is 28.2 Å². The Bertz CT molecular complexity index is 1050. The number of nitrogens with one attached hydrogen (secondary N) is 1. The summed E-state index contributed by atoms with van der Waals surface area (Å²) >= 11 is 12.0. The molecule has 146 valence electrons. The van der Waals surface area contributed by atoms with E-state index in [1.54, 1.807) is 42.5 Å². The molecule has 2 aliphatic carbocycles. The summed E-state index contributed by atoms with van der Waals surface area (Å²) in [5.74, 6) is -0.774. The molecule has 1 saturated carbocycles. The zero-order chi connectivity index (χ0) is 20.3. The third-order valence-electron chi connectivity index (χ3n) is 6.04. The first kappa shape index (κ1) is 18.4. The Morgan fingerprint density at radius 2 is 1.55 bits per heavy atom. The molecule has 1 aliphatic heterocycles. The van der Waals surface area contributed by atoms with Crippen molar-refractivity contribution in [2.24, 2.45) is 23.7 Å². The largest absolute Gasteiger partial charge is 0.321 e. The lowest BCUT2D eigenvalue weighted by Gasteiger charge is -2.17. The van der Waals surface area contributed by atoms with Gasteiger partial charge in [0.2, 0.25) is 11.8 Å². The van der Waals surface area contributed by atoms with E-state index in [1.807, 2.05) is 0 Å². The molecular weight excluding hydrogens is 411 g/mol. The lowest BCUT2D eigenvalue weighted by atomic mass is 9.85. The van der Waals surface area contributed by atoms with E-state index < -0.39 is 0 Å². The van der Waals surface area contributed by atoms with E-state index in [0.29, 0.717) is 27.0 Å². The van der Waals surface area contributed by atoms with Gasteiger partial charge in [0.15, 0.2) is 0 Å². The van der Waals surface area contributed by atoms with Crippen molar-refractivity contribution in [1.29, 1.82) is 0 Å². The second-order valence-electron chi connectivity index (χ2n) is 7.64. The molecule has 0 unspecified atom stereocenters. The maximum absolute atomic E-state index is 12.9. The minimum atomic E-state index is -0.348. The van der Waals surface area contributed by atoms with E-state index >= 15 is 0 Å². The number of hydrogen-bond acceptors (Lipinski definition) is 3. The molecule has 1 N–H and O–H groups in total. The van der Waals surface area contributed by atoms with Crippen molar-refractivity contribution in [3.63, 3.8) is 0 Å². The number of imide groups is 1. The molecule has 3 amide bonds. The summed E-state index contributed by atoms with van der Waals surface area (Å²) in [7, 11) is 0. The van der Waals surface area contributed by atoms with Gasteiger partial charge in [-0.2, -0.15) is 0 Å². The number of allylic oxidation sites excluding steroid dienone is 2. The van der Waals surface area contributed by atoms with Crippen molar-refractivity contribution in [3.05, 3.63) is 70.2 Å². The molecule has 1 saturated heterocycles. The van der Waals surface area contributed by atoms with Crippen molar-refractivity contribution < 1.29 is 14.4 Å². The van der Waals surface area contributed by atoms with Gasteiger partial charge in [0, 0.05) is 10.6 Å². The Morgan fingerprint density at radius 1 is 0.931 bits per heavy atom. The highest BCUT2D eigenvalue weighted by molar-refractivity contribution is 6.36. The number of nitrogens with zero attached hydrogens (tertiary/aromatic N) is 1. The monoisotopic (exact) mass is 426 g/mol. The van der Waals surface area contributed by atoms with Gasteiger partial charge in [0.25, 0.3) is 5.91 Å². The van der Waals surface area contributed by atoms with E-state index in [2.05, 4.69) is 17.5 Å². The fourth-order valence-electron chi connectivity index (χ4n) is 4.70. The predicted molar refractivity (Wildman–Crippen MR) is 111 cm³/mol. The van der Waals surface area contributed by atoms with E-state index in [4.69, 9.17) is 23.2 Å². The summed E-state index contributed by atoms with van der Waals surface area (Å²) in [5, 5.41) is 3.54. The van der Waals surface area contributed by atoms with Crippen LogP contribution in [-0.2, 0) is 9.59 Å². The van der Waals surface area contributed by atoms with Crippen molar-refractivity contribution in [2.45, 2.75) is 6.42 Å². The Balaban J connectivity index is 1.35. The van der Waals surface area contributed by atoms with Gasteiger partial charge in [-0.3, -0.25) is 19.3 Å². The topological polar surface area (TPSA) is 66.5 Å². The average Bonchev–Trinajstić information content (AvgIpc) is 3.38. The van der Waals surface area contributed by atoms with Gasteiger partial charge in [-0.15, -0.1) is 0 Å². The molecule has 2 fully saturated rings. The smallest absolute Gasteiger partial charge is 0.255 e. The minimum Gasteiger partial charge on any atom is -0.321 e. The highest BCUT2D eigenvalue weighted by Crippen LogP contribution is 2.53. The molecule has 29 heavy (non-hydrogen) atoms. The summed E-state index contributed by atoms with van der Waals surface area (Å²) in [6.45, 7) is 0. The minimum absolute atomic E-state index is 0.137. The number of carbonyl (C=O) groups is 3. The maximum atomic E-state index is 12.9. The first-order valence-corrected chi connectivity index (χ1v) is 10.1. The van der Waals surface area contributed by atoms with Gasteiger partial charge in [0.1, 0.15) is 0 Å². The highest BCUT2D eigenvalue weighted by atomic mass is 35.5. The van der Waals surface area contributed by atoms with Crippen molar-refractivity contribution in [3.8, 4) is 0 Å². The van der Waals surface area contributed by atoms with Crippen LogP contribution >= 0.6 is 23.2 Å². The van der Waals surface area contributed by atoms with Gasteiger partial charge < -0.3 is 5.32 Å². The van der Waals surface area contributed by atoms with Crippen molar-refractivity contribution in [2.75, 3.05) is 10.2 Å². The summed E-state index contributed by atoms with van der Waals surface area (Å²) in [6.07, 6.45) is 5.03. The molecule has 2 aromatic carbocycles. The van der Waals surface area contributed by atoms with Crippen molar-refractivity contribution in [1.82, 2.24) is 0 Å². The van der Waals surface area contributed by atoms with E-state index in [0.717, 1.165) is 6.42 Å². The molecule has 3 aliphatic rings. The number of benzene rings is 2. The van der Waals surface area contributed by atoms with Gasteiger partial charge in [-0.1, -0.05) is 35.4 Å². The molecule has 5 nitrogen and oxygen atoms in total. The zero-order valence-corrected chi connectivity index (χ0v) is 16.7. The Labute approximate surface area is 177 Å². The standard InChI is InChI=1S/C22H16Cl2N2O3/c23-14-5-8-17(16(24)10-14)25-20(27)11-3-6-15(7-4-11)26-21(28)18-12-1-2-13(9-12)19(18)22(26)29/h1-8,10,12-13,18-19H,9H2,(H,25,27)/t12-,13+,18+,19-. The molecule has 1 heterocycles. The number of hydrogen-bond donors (Lipinski definition) is 1. The van der Waals surface area contributed by atoms with Gasteiger partial charge in [-0.25, -0.2) is 0 Å². The summed E-state index contributed by atoms with van der Waals surface area (Å²) < 4.78 is 0. The fraction of sp³-hybridized carbons (Fsp3) is 0.227. The van der Waals surface area contributed by atoms with E-state index in [1.165, 1.54) is 4.90 Å². The lowest BCUT2D eigenvalue weighted by molar-refractivity contribution is -0.123. The van der Waals surface area contributed by atoms with Crippen LogP contribution in [-0.4, -0.2) is 17.7 Å². The number of carbonyl (C=O) groups excluding carboxylic acids is 3. The van der Waals surface area contributed by atoms with Crippen LogP contribution in [0.25, 0.3) is 0 Å². The number of amides is 3. The molecule has 0 aromatic heterocycles. The average molecular weight is 427 g/mol. The third kappa shape index (κ3) is 2.88. The number of halogens is 2. The van der Waals surface area contributed by atoms with Crippen LogP contribution in [0.4, 0.5) is 11.4 Å². The van der Waals surface area contributed by atoms with Crippen LogP contribution in [0, 0.1) is 23.7 Å². The number of fused-ring (bicyclic) bond motifs is 5. The van der Waals surface area contributed by atoms with Crippen LogP contribution in [0.2, 0.25) is 10.0 Å². The Morgan fingerprint density at radius 3 is 2.14 bits per heavy atom. The van der Waals surface area contributed by atoms with Crippen LogP contribution in [0.3, 0.4) is 0 Å². The first-order valence-electron chi connectivity index (χ1n) is 9.36. The normalized spacial score (nSPS) is 26.9. The Kier molecular flexibility index (Phi) is 4.26. The molecule has 2 bridgehead atoms. The third-order valence-corrected chi connectivity index (χ3v) is 6.59. The van der Waals surface area contributed by atoms with Crippen molar-refractivity contribution >= 4 is 52.3 Å². The highest BCUT2D eigenvalue weighted by Gasteiger charge is 2.59. The molecule has 7 heteroatoms. The second-order valence-corrected chi connectivity index (χ2v) is 8.48. The van der Waals surface area contributed by atoms with Crippen LogP contribution in [0.15, 0.2) is 54.6 Å². The maximum Gasteiger partial charge on any atom is 0.255 e. The number of rotatable bonds is 3. The fourth-order valence-corrected chi connectivity index (χ4v) is 5.16. The molecule has 0 spiro atoms. The van der Waals surface area contributed by atoms with Gasteiger partial charge >= 0.3 is 0 Å². The Hall–Kier alpha value is -2.63. The summed E-state index contributed by atoms with van der Waals surface area (Å²) in [6, 6.07) is 11.3. The van der Waals surface area contributed by atoms with E-state index in [-0.39, 0.29) is 41.4 Å². The zero-order valence-electron chi connectivity index (χ0n) is 15.1. The first-order chi connectivity index (χ1) is 13.9. The SMILES string of the molecule is O=C(Nc1ccc(Cl)cc1Cl)c1ccc(N2C(=O)[C@@H]3[C@H](C2=O)[C@H]2C=C[C@@H]3C2)cc1.